The molecule has 182 valence electrons. The van der Waals surface area contributed by atoms with E-state index in [1.165, 1.54) is 12.0 Å². The number of piperazine rings is 1. The van der Waals surface area contributed by atoms with Gasteiger partial charge >= 0.3 is 5.82 Å². The lowest BCUT2D eigenvalue weighted by Crippen LogP contribution is -2.56. The molecule has 4 aliphatic rings. The van der Waals surface area contributed by atoms with Gasteiger partial charge in [-0.2, -0.15) is 0 Å². The van der Waals surface area contributed by atoms with E-state index in [-0.39, 0.29) is 31.2 Å². The molecule has 0 bridgehead atoms. The number of rotatable bonds is 5. The lowest BCUT2D eigenvalue weighted by molar-refractivity contribution is -0.470. The molecule has 0 unspecified atom stereocenters. The first-order valence-corrected chi connectivity index (χ1v) is 10.7. The molecule has 4 rings (SSSR count). The number of methoxy groups -OCH3 is 1. The van der Waals surface area contributed by atoms with Crippen LogP contribution in [0.2, 0.25) is 0 Å². The Kier molecular flexibility index (Phi) is 6.89. The molecule has 0 radical (unpaired) electrons. The third kappa shape index (κ3) is 4.64. The molecule has 0 spiro atoms. The first kappa shape index (κ1) is 23.8. The summed E-state index contributed by atoms with van der Waals surface area (Å²) in [5, 5.41) is 11.7. The van der Waals surface area contributed by atoms with Crippen molar-refractivity contribution in [2.24, 2.45) is 15.7 Å². The molecule has 1 fully saturated rings. The van der Waals surface area contributed by atoms with Crippen LogP contribution in [0, 0.1) is 0 Å². The summed E-state index contributed by atoms with van der Waals surface area (Å²) < 4.78 is 40.4. The zero-order valence-corrected chi connectivity index (χ0v) is 18.9. The number of hydrogen-bond donors (Lipinski definition) is 1. The van der Waals surface area contributed by atoms with E-state index in [0.29, 0.717) is 42.3 Å². The molecule has 1 amide bonds. The van der Waals surface area contributed by atoms with Crippen molar-refractivity contribution in [2.75, 3.05) is 47.0 Å². The number of allylic oxidation sites excluding steroid dienone is 3. The second kappa shape index (κ2) is 9.85. The monoisotopic (exact) mass is 476 g/mol. The van der Waals surface area contributed by atoms with Crippen molar-refractivity contribution in [3.05, 3.63) is 47.3 Å². The van der Waals surface area contributed by atoms with Crippen molar-refractivity contribution >= 4 is 23.7 Å². The Hall–Kier alpha value is -3.38. The topological polar surface area (TPSA) is 119 Å². The number of fused-ring (bicyclic) bond motifs is 2. The van der Waals surface area contributed by atoms with Gasteiger partial charge in [-0.3, -0.25) is 19.6 Å². The maximum Gasteiger partial charge on any atom is 0.337 e. The molecule has 0 aromatic rings. The van der Waals surface area contributed by atoms with E-state index < -0.39 is 24.4 Å². The SMILES string of the molecule is COC[C@H](N=C1C=CC2=C3N=C(N4C(=C[O-])CN(C)C[C@H]4C(F)F)C=[N+]3CCOC2=C1)C(N)=O. The highest BCUT2D eigenvalue weighted by atomic mass is 19.3. The third-order valence-electron chi connectivity index (χ3n) is 5.76. The van der Waals surface area contributed by atoms with Gasteiger partial charge in [0, 0.05) is 32.0 Å². The molecule has 3 heterocycles. The number of hydrogen-bond acceptors (Lipinski definition) is 8. The lowest BCUT2D eigenvalue weighted by atomic mass is 10.1. The molecule has 34 heavy (non-hydrogen) atoms. The molecule has 1 saturated heterocycles. The number of ether oxygens (including phenoxy) is 2. The van der Waals surface area contributed by atoms with Crippen LogP contribution in [-0.4, -0.2) is 104 Å². The molecule has 0 aromatic carbocycles. The van der Waals surface area contributed by atoms with Crippen LogP contribution in [-0.2, 0) is 14.3 Å². The van der Waals surface area contributed by atoms with E-state index in [0.717, 1.165) is 0 Å². The molecular formula is C22H26F2N6O4. The van der Waals surface area contributed by atoms with E-state index in [2.05, 4.69) is 9.98 Å². The number of amidine groups is 1. The van der Waals surface area contributed by atoms with Crippen LogP contribution < -0.4 is 10.8 Å². The van der Waals surface area contributed by atoms with Crippen molar-refractivity contribution in [3.8, 4) is 0 Å². The van der Waals surface area contributed by atoms with E-state index >= 15 is 0 Å². The zero-order valence-electron chi connectivity index (χ0n) is 18.9. The number of amides is 1. The van der Waals surface area contributed by atoms with Crippen molar-refractivity contribution in [1.29, 1.82) is 0 Å². The predicted octanol–water partition coefficient (Wildman–Crippen LogP) is -0.799. The maximum atomic E-state index is 13.9. The van der Waals surface area contributed by atoms with Crippen LogP contribution in [0.1, 0.15) is 0 Å². The first-order valence-electron chi connectivity index (χ1n) is 10.7. The summed E-state index contributed by atoms with van der Waals surface area (Å²) in [6.07, 6.45) is 4.72. The minimum absolute atomic E-state index is 0.0485. The largest absolute Gasteiger partial charge is 0.877 e. The molecule has 0 aromatic heterocycles. The average Bonchev–Trinajstić information content (AvgIpc) is 3.13. The van der Waals surface area contributed by atoms with Gasteiger partial charge in [-0.1, -0.05) is 0 Å². The van der Waals surface area contributed by atoms with Gasteiger partial charge in [0.2, 0.25) is 5.91 Å². The second-order valence-electron chi connectivity index (χ2n) is 8.23. The van der Waals surface area contributed by atoms with Gasteiger partial charge in [0.1, 0.15) is 30.5 Å². The minimum atomic E-state index is -2.66. The number of carbonyl (C=O) groups is 1. The van der Waals surface area contributed by atoms with Crippen molar-refractivity contribution in [3.63, 3.8) is 0 Å². The van der Waals surface area contributed by atoms with Gasteiger partial charge in [0.05, 0.1) is 12.3 Å². The van der Waals surface area contributed by atoms with Crippen molar-refractivity contribution < 1.29 is 32.7 Å². The Balaban J connectivity index is 1.71. The van der Waals surface area contributed by atoms with Crippen LogP contribution in [0.25, 0.3) is 0 Å². The summed E-state index contributed by atoms with van der Waals surface area (Å²) in [5.74, 6) is 0.683. The number of primary amides is 1. The normalized spacial score (nSPS) is 26.1. The minimum Gasteiger partial charge on any atom is -0.877 e. The maximum absolute atomic E-state index is 13.9. The summed E-state index contributed by atoms with van der Waals surface area (Å²) in [5.41, 5.74) is 6.74. The predicted molar refractivity (Wildman–Crippen MR) is 118 cm³/mol. The van der Waals surface area contributed by atoms with Crippen molar-refractivity contribution in [1.82, 2.24) is 9.80 Å². The first-order chi connectivity index (χ1) is 16.3. The summed E-state index contributed by atoms with van der Waals surface area (Å²) >= 11 is 0. The lowest BCUT2D eigenvalue weighted by Gasteiger charge is -2.41. The number of nitrogens with two attached hydrogens (primary N) is 1. The van der Waals surface area contributed by atoms with Gasteiger partial charge in [-0.15, -0.1) is 6.26 Å². The highest BCUT2D eigenvalue weighted by Crippen LogP contribution is 2.30. The molecule has 1 aliphatic carbocycles. The smallest absolute Gasteiger partial charge is 0.337 e. The van der Waals surface area contributed by atoms with Crippen LogP contribution >= 0.6 is 0 Å². The molecular weight excluding hydrogens is 450 g/mol. The standard InChI is InChI=1S/C22H26F2N6O4/c1-28-8-14(11-31)30(17(9-28)20(23)24)19-10-29-5-6-34-18-7-13(3-4-15(18)22(29)27-19)26-16(12-33-2)21(25)32/h3-4,7,10-11,16-17,20H,5-6,8-9,12H2,1-2H3,(H2-,25,31,32)/t16-,17-/m0/s1. The van der Waals surface area contributed by atoms with Crippen molar-refractivity contribution in [2.45, 2.75) is 18.5 Å². The number of likely N-dealkylation sites (N-methyl/N-ethyl adjacent to an activating group) is 1. The fourth-order valence-corrected chi connectivity index (χ4v) is 4.21. The quantitative estimate of drug-likeness (QED) is 0.410. The zero-order chi connectivity index (χ0) is 24.4. The second-order valence-corrected chi connectivity index (χ2v) is 8.23. The van der Waals surface area contributed by atoms with E-state index in [1.54, 1.807) is 36.4 Å². The number of halogens is 2. The van der Waals surface area contributed by atoms with Crippen LogP contribution in [0.5, 0.6) is 0 Å². The molecule has 0 saturated carbocycles. The Morgan fingerprint density at radius 2 is 2.29 bits per heavy atom. The van der Waals surface area contributed by atoms with Gasteiger partial charge < -0.3 is 20.3 Å². The number of alkyl halides is 2. The average molecular weight is 476 g/mol. The summed E-state index contributed by atoms with van der Waals surface area (Å²) in [6, 6.07) is -2.04. The Bertz CT molecular complexity index is 1080. The Labute approximate surface area is 195 Å². The van der Waals surface area contributed by atoms with Crippen LogP contribution in [0.15, 0.2) is 57.3 Å². The Morgan fingerprint density at radius 1 is 1.50 bits per heavy atom. The fraction of sp³-hybridized carbons (Fsp3) is 0.455. The van der Waals surface area contributed by atoms with Gasteiger partial charge in [0.25, 0.3) is 12.3 Å². The highest BCUT2D eigenvalue weighted by molar-refractivity contribution is 6.29. The van der Waals surface area contributed by atoms with Gasteiger partial charge in [-0.05, 0) is 24.2 Å². The van der Waals surface area contributed by atoms with Gasteiger partial charge in [-0.25, -0.2) is 13.4 Å². The van der Waals surface area contributed by atoms with E-state index in [9.17, 15) is 18.7 Å². The highest BCUT2D eigenvalue weighted by Gasteiger charge is 2.42. The fourth-order valence-electron chi connectivity index (χ4n) is 4.21. The van der Waals surface area contributed by atoms with Crippen LogP contribution in [0.4, 0.5) is 8.78 Å². The molecule has 2 atom stereocenters. The number of aliphatic imine (C=N–C) groups is 2. The van der Waals surface area contributed by atoms with Gasteiger partial charge in [0.15, 0.2) is 12.3 Å². The third-order valence-corrected chi connectivity index (χ3v) is 5.76. The molecule has 12 heteroatoms. The van der Waals surface area contributed by atoms with E-state index in [4.69, 9.17) is 15.2 Å². The Morgan fingerprint density at radius 3 is 2.97 bits per heavy atom. The summed E-state index contributed by atoms with van der Waals surface area (Å²) in [4.78, 5) is 23.6. The molecule has 2 N–H and O–H groups in total. The van der Waals surface area contributed by atoms with Crippen LogP contribution in [0.3, 0.4) is 0 Å². The molecule has 3 aliphatic heterocycles. The summed E-state index contributed by atoms with van der Waals surface area (Å²) in [6.45, 7) is 1.14. The summed E-state index contributed by atoms with van der Waals surface area (Å²) in [7, 11) is 3.15. The molecule has 10 nitrogen and oxygen atoms in total. The van der Waals surface area contributed by atoms with E-state index in [1.807, 2.05) is 4.58 Å². The number of carbonyl (C=O) groups excluding carboxylic acids is 1. The number of nitrogens with zero attached hydrogens (tertiary/aromatic N) is 5.